The predicted octanol–water partition coefficient (Wildman–Crippen LogP) is 2.12. The summed E-state index contributed by atoms with van der Waals surface area (Å²) in [6.45, 7) is 0.613. The molecule has 0 aliphatic heterocycles. The Hall–Kier alpha value is -3.26. The molecule has 0 bridgehead atoms. The van der Waals surface area contributed by atoms with Gasteiger partial charge in [0.15, 0.2) is 17.3 Å². The molecule has 2 aromatic carbocycles. The predicted molar refractivity (Wildman–Crippen MR) is 103 cm³/mol. The van der Waals surface area contributed by atoms with Crippen LogP contribution in [0.2, 0.25) is 0 Å². The molecule has 28 heavy (non-hydrogen) atoms. The molecule has 4 N–H and O–H groups in total. The zero-order chi connectivity index (χ0) is 20.5. The molecule has 0 heterocycles. The summed E-state index contributed by atoms with van der Waals surface area (Å²) < 4.78 is 18.5. The van der Waals surface area contributed by atoms with Crippen molar-refractivity contribution in [1.82, 2.24) is 5.32 Å². The number of para-hydroxylation sites is 1. The quantitative estimate of drug-likeness (QED) is 0.571. The average Bonchev–Trinajstić information content (AvgIpc) is 2.70. The van der Waals surface area contributed by atoms with Crippen LogP contribution >= 0.6 is 0 Å². The van der Waals surface area contributed by atoms with Crippen LogP contribution in [-0.2, 0) is 4.79 Å². The van der Waals surface area contributed by atoms with Crippen LogP contribution in [0.5, 0.6) is 5.75 Å². The van der Waals surface area contributed by atoms with Crippen molar-refractivity contribution in [3.05, 3.63) is 59.4 Å². The number of ketones is 1. The van der Waals surface area contributed by atoms with Gasteiger partial charge in [-0.1, -0.05) is 12.1 Å². The molecule has 0 radical (unpaired) electrons. The van der Waals surface area contributed by atoms with Crippen molar-refractivity contribution < 1.29 is 23.5 Å². The summed E-state index contributed by atoms with van der Waals surface area (Å²) >= 11 is 0. The lowest BCUT2D eigenvalue weighted by Gasteiger charge is -2.11. The zero-order valence-electron chi connectivity index (χ0n) is 15.5. The fourth-order valence-electron chi connectivity index (χ4n) is 2.49. The van der Waals surface area contributed by atoms with Crippen molar-refractivity contribution in [2.45, 2.75) is 12.8 Å². The van der Waals surface area contributed by atoms with Gasteiger partial charge in [0, 0.05) is 31.5 Å². The van der Waals surface area contributed by atoms with E-state index in [4.69, 9.17) is 10.5 Å². The minimum atomic E-state index is -0.643. The summed E-state index contributed by atoms with van der Waals surface area (Å²) in [7, 11) is 1.33. The third-order valence-electron chi connectivity index (χ3n) is 3.93. The molecule has 2 rings (SSSR count). The summed E-state index contributed by atoms with van der Waals surface area (Å²) in [4.78, 5) is 36.5. The second kappa shape index (κ2) is 10.2. The van der Waals surface area contributed by atoms with Gasteiger partial charge in [0.1, 0.15) is 0 Å². The monoisotopic (exact) mass is 387 g/mol. The van der Waals surface area contributed by atoms with Gasteiger partial charge in [-0.05, 0) is 30.3 Å². The van der Waals surface area contributed by atoms with E-state index in [1.165, 1.54) is 19.2 Å². The van der Waals surface area contributed by atoms with E-state index in [0.717, 1.165) is 6.07 Å². The Morgan fingerprint density at radius 3 is 2.54 bits per heavy atom. The zero-order valence-corrected chi connectivity index (χ0v) is 15.5. The van der Waals surface area contributed by atoms with E-state index in [0.29, 0.717) is 24.3 Å². The highest BCUT2D eigenvalue weighted by Gasteiger charge is 2.15. The lowest BCUT2D eigenvalue weighted by molar-refractivity contribution is -0.116. The van der Waals surface area contributed by atoms with Gasteiger partial charge in [0.25, 0.3) is 5.91 Å². The number of anilines is 1. The Labute approximate surface area is 162 Å². The molecule has 8 heteroatoms. The van der Waals surface area contributed by atoms with E-state index in [1.807, 2.05) is 0 Å². The van der Waals surface area contributed by atoms with Gasteiger partial charge in [-0.3, -0.25) is 14.4 Å². The number of methoxy groups -OCH3 is 1. The maximum Gasteiger partial charge on any atom is 0.253 e. The van der Waals surface area contributed by atoms with Gasteiger partial charge in [0.05, 0.1) is 18.4 Å². The lowest BCUT2D eigenvalue weighted by atomic mass is 10.1. The Kier molecular flexibility index (Phi) is 7.65. The van der Waals surface area contributed by atoms with Crippen LogP contribution in [0.15, 0.2) is 42.5 Å². The number of nitrogens with two attached hydrogens (primary N) is 1. The maximum atomic E-state index is 13.7. The van der Waals surface area contributed by atoms with Gasteiger partial charge in [-0.15, -0.1) is 0 Å². The van der Waals surface area contributed by atoms with Crippen LogP contribution < -0.4 is 21.1 Å². The third-order valence-corrected chi connectivity index (χ3v) is 3.93. The number of hydrogen-bond acceptors (Lipinski definition) is 5. The van der Waals surface area contributed by atoms with Crippen LogP contribution in [-0.4, -0.2) is 37.8 Å². The van der Waals surface area contributed by atoms with E-state index in [-0.39, 0.29) is 35.8 Å². The molecule has 0 aliphatic carbocycles. The molecule has 0 aromatic heterocycles. The number of hydrogen-bond donors (Lipinski definition) is 3. The Morgan fingerprint density at radius 2 is 1.86 bits per heavy atom. The van der Waals surface area contributed by atoms with E-state index in [9.17, 15) is 18.8 Å². The second-order valence-corrected chi connectivity index (χ2v) is 5.91. The highest BCUT2D eigenvalue weighted by molar-refractivity contribution is 6.05. The minimum Gasteiger partial charge on any atom is -0.494 e. The van der Waals surface area contributed by atoms with E-state index < -0.39 is 11.7 Å². The number of halogens is 1. The van der Waals surface area contributed by atoms with Gasteiger partial charge in [-0.2, -0.15) is 0 Å². The molecule has 0 atom stereocenters. The van der Waals surface area contributed by atoms with Gasteiger partial charge in [0.2, 0.25) is 5.91 Å². The molecule has 2 amide bonds. The number of carbonyl (C=O) groups excluding carboxylic acids is 3. The summed E-state index contributed by atoms with van der Waals surface area (Å²) in [6, 6.07) is 10.4. The summed E-state index contributed by atoms with van der Waals surface area (Å²) in [5.74, 6) is -1.76. The number of benzene rings is 2. The van der Waals surface area contributed by atoms with E-state index in [1.54, 1.807) is 24.3 Å². The summed E-state index contributed by atoms with van der Waals surface area (Å²) in [6.07, 6.45) is -0.204. The standard InChI is InChI=1S/C20H22FN3O4/c1-28-18-8-6-13(12-15(18)21)17(25)7-9-19(26)24-16-5-3-2-4-14(16)20(27)23-11-10-22/h2-6,8,12H,7,9-11,22H2,1H3,(H,23,27)(H,24,26). The fraction of sp³-hybridized carbons (Fsp3) is 0.250. The number of ether oxygens (including phenoxy) is 1. The minimum absolute atomic E-state index is 0.0406. The van der Waals surface area contributed by atoms with Crippen molar-refractivity contribution in [1.29, 1.82) is 0 Å². The molecule has 0 saturated carbocycles. The van der Waals surface area contributed by atoms with E-state index in [2.05, 4.69) is 10.6 Å². The summed E-state index contributed by atoms with van der Waals surface area (Å²) in [5.41, 5.74) is 6.16. The Balaban J connectivity index is 1.97. The topological polar surface area (TPSA) is 111 Å². The SMILES string of the molecule is COc1ccc(C(=O)CCC(=O)Nc2ccccc2C(=O)NCCN)cc1F. The number of carbonyl (C=O) groups is 3. The van der Waals surface area contributed by atoms with E-state index >= 15 is 0 Å². The number of amides is 2. The number of nitrogens with one attached hydrogen (secondary N) is 2. The summed E-state index contributed by atoms with van der Waals surface area (Å²) in [5, 5.41) is 5.26. The first-order valence-electron chi connectivity index (χ1n) is 8.70. The molecular formula is C20H22FN3O4. The van der Waals surface area contributed by atoms with Crippen molar-refractivity contribution in [2.24, 2.45) is 5.73 Å². The normalized spacial score (nSPS) is 10.2. The molecule has 148 valence electrons. The third kappa shape index (κ3) is 5.62. The number of Topliss-reactive ketones (excluding diaryl/α,β-unsaturated/α-hetero) is 1. The van der Waals surface area contributed by atoms with Crippen LogP contribution in [0, 0.1) is 5.82 Å². The molecule has 7 nitrogen and oxygen atoms in total. The fourth-order valence-corrected chi connectivity index (χ4v) is 2.49. The Bertz CT molecular complexity index is 870. The van der Waals surface area contributed by atoms with Gasteiger partial charge in [-0.25, -0.2) is 4.39 Å². The molecular weight excluding hydrogens is 365 g/mol. The molecule has 0 aliphatic rings. The Morgan fingerprint density at radius 1 is 1.11 bits per heavy atom. The van der Waals surface area contributed by atoms with Crippen LogP contribution in [0.1, 0.15) is 33.6 Å². The van der Waals surface area contributed by atoms with Crippen LogP contribution in [0.4, 0.5) is 10.1 Å². The van der Waals surface area contributed by atoms with Crippen molar-refractivity contribution in [2.75, 3.05) is 25.5 Å². The van der Waals surface area contributed by atoms with Gasteiger partial charge >= 0.3 is 0 Å². The molecule has 0 fully saturated rings. The van der Waals surface area contributed by atoms with Crippen molar-refractivity contribution in [3.8, 4) is 5.75 Å². The molecule has 2 aromatic rings. The largest absolute Gasteiger partial charge is 0.494 e. The average molecular weight is 387 g/mol. The molecule has 0 unspecified atom stereocenters. The first-order valence-corrected chi connectivity index (χ1v) is 8.70. The first-order chi connectivity index (χ1) is 13.5. The molecule has 0 spiro atoms. The molecule has 0 saturated heterocycles. The highest BCUT2D eigenvalue weighted by Crippen LogP contribution is 2.19. The lowest BCUT2D eigenvalue weighted by Crippen LogP contribution is -2.30. The highest BCUT2D eigenvalue weighted by atomic mass is 19.1. The van der Waals surface area contributed by atoms with Crippen LogP contribution in [0.3, 0.4) is 0 Å². The first kappa shape index (κ1) is 21.0. The second-order valence-electron chi connectivity index (χ2n) is 5.91. The van der Waals surface area contributed by atoms with Crippen LogP contribution in [0.25, 0.3) is 0 Å². The van der Waals surface area contributed by atoms with Crippen molar-refractivity contribution in [3.63, 3.8) is 0 Å². The van der Waals surface area contributed by atoms with Crippen molar-refractivity contribution >= 4 is 23.3 Å². The maximum absolute atomic E-state index is 13.7. The smallest absolute Gasteiger partial charge is 0.253 e. The van der Waals surface area contributed by atoms with Gasteiger partial charge < -0.3 is 21.1 Å². The number of rotatable bonds is 9.